The van der Waals surface area contributed by atoms with Crippen LogP contribution >= 0.6 is 0 Å². The van der Waals surface area contributed by atoms with Gasteiger partial charge in [-0.2, -0.15) is 78.9 Å². The van der Waals surface area contributed by atoms with Crippen LogP contribution in [0.4, 0.5) is 0 Å². The van der Waals surface area contributed by atoms with E-state index >= 15 is 0 Å². The molecule has 0 saturated heterocycles. The van der Waals surface area contributed by atoms with Gasteiger partial charge in [0.25, 0.3) is 0 Å². The van der Waals surface area contributed by atoms with E-state index in [9.17, 15) is 0 Å². The van der Waals surface area contributed by atoms with Crippen LogP contribution in [-0.4, -0.2) is 0 Å². The molecule has 3 heteroatoms. The van der Waals surface area contributed by atoms with Crippen LogP contribution in [0.5, 0.6) is 0 Å². The van der Waals surface area contributed by atoms with Gasteiger partial charge in [0, 0.05) is 0 Å². The van der Waals surface area contributed by atoms with Gasteiger partial charge < -0.3 is 32.2 Å². The minimum atomic E-state index is 0. The van der Waals surface area contributed by atoms with E-state index in [1.807, 2.05) is 72.8 Å². The third kappa shape index (κ3) is 13.8. The summed E-state index contributed by atoms with van der Waals surface area (Å²) in [6, 6.07) is 41.2. The molecule has 6 rings (SSSR count). The van der Waals surface area contributed by atoms with Gasteiger partial charge in [0.15, 0.2) is 0 Å². The number of fused-ring (bicyclic) bond motifs is 3. The summed E-state index contributed by atoms with van der Waals surface area (Å²) >= 11 is 0. The van der Waals surface area contributed by atoms with E-state index in [0.717, 1.165) is 6.42 Å². The molecule has 5 aromatic rings. The van der Waals surface area contributed by atoms with E-state index in [4.69, 9.17) is 0 Å². The molecule has 0 saturated carbocycles. The van der Waals surface area contributed by atoms with Gasteiger partial charge in [0.1, 0.15) is 0 Å². The fourth-order valence-corrected chi connectivity index (χ4v) is 3.98. The maximum absolute atomic E-state index is 2.99. The molecule has 222 valence electrons. The van der Waals surface area contributed by atoms with Gasteiger partial charge in [-0.15, -0.1) is 46.2 Å². The van der Waals surface area contributed by atoms with Crippen LogP contribution in [0.2, 0.25) is 0 Å². The summed E-state index contributed by atoms with van der Waals surface area (Å²) in [5.41, 5.74) is 3.21. The smallest absolute Gasteiger partial charge is 1.00 e. The molecule has 42 heavy (non-hydrogen) atoms. The summed E-state index contributed by atoms with van der Waals surface area (Å²) in [6.07, 6.45) is 10.0. The van der Waals surface area contributed by atoms with Gasteiger partial charge in [-0.1, -0.05) is 76.9 Å². The predicted octanol–water partition coefficient (Wildman–Crippen LogP) is 5.04. The quantitative estimate of drug-likeness (QED) is 0.202. The summed E-state index contributed by atoms with van der Waals surface area (Å²) in [7, 11) is 0. The molecule has 0 atom stereocenters. The van der Waals surface area contributed by atoms with Crippen molar-refractivity contribution in [3.8, 4) is 0 Å². The van der Waals surface area contributed by atoms with Crippen molar-refractivity contribution in [2.24, 2.45) is 0 Å². The Bertz CT molecular complexity index is 1270. The molecule has 0 heterocycles. The van der Waals surface area contributed by atoms with Gasteiger partial charge in [-0.3, -0.25) is 6.08 Å². The van der Waals surface area contributed by atoms with E-state index in [1.54, 1.807) is 0 Å². The van der Waals surface area contributed by atoms with Crippen molar-refractivity contribution in [2.75, 3.05) is 0 Å². The number of hydrogen-bond acceptors (Lipinski definition) is 0. The van der Waals surface area contributed by atoms with Crippen LogP contribution in [0.3, 0.4) is 0 Å². The number of halogens is 2. The number of benzene rings is 4. The van der Waals surface area contributed by atoms with Crippen molar-refractivity contribution >= 4 is 21.5 Å². The Hall–Kier alpha value is -2.31. The second kappa shape index (κ2) is 20.6. The fraction of sp³-hybridized carbons (Fsp3) is 0.231. The maximum atomic E-state index is 2.99. The first kappa shape index (κ1) is 41.8. The van der Waals surface area contributed by atoms with E-state index in [1.165, 1.54) is 32.7 Å². The van der Waals surface area contributed by atoms with Gasteiger partial charge in [-0.05, 0) is 10.8 Å². The average Bonchev–Trinajstić information content (AvgIpc) is 3.62. The second-order valence-corrected chi connectivity index (χ2v) is 11.4. The standard InChI is InChI=1S/C21H25.2C6H5.C5H5.CH3.2ClH.Zr/c1-20(2,3)16-7-9-18-14(12-16)11-15-13-17(21(4,5)6)8-10-19(15)18;2*1-2-4-6-5-3-1;1-2-4-5-3-1;;;;/h7-13H,1-6H3;2*1-5H;1-3H,4H2;1H3;2*1H;/q5*-1;;;+2/p-2. The van der Waals surface area contributed by atoms with E-state index in [0.29, 0.717) is 0 Å². The molecule has 0 N–H and O–H groups in total. The molecule has 1 aliphatic rings. The van der Waals surface area contributed by atoms with Gasteiger partial charge in [0.05, 0.1) is 0 Å². The number of rotatable bonds is 0. The zero-order valence-corrected chi connectivity index (χ0v) is 30.0. The fourth-order valence-electron chi connectivity index (χ4n) is 3.98. The van der Waals surface area contributed by atoms with Crippen molar-refractivity contribution < 1.29 is 51.0 Å². The zero-order valence-electron chi connectivity index (χ0n) is 26.0. The van der Waals surface area contributed by atoms with Crippen LogP contribution in [-0.2, 0) is 37.0 Å². The summed E-state index contributed by atoms with van der Waals surface area (Å²) in [5, 5.41) is 5.48. The first-order valence-corrected chi connectivity index (χ1v) is 13.3. The first-order chi connectivity index (χ1) is 18.2. The SMILES string of the molecule is CC(C)(C)c1ccc2c(c1)[cH-]c1cc(C(C)(C)C)ccc12.[C-]1=CC=CC1.[CH3-].[Cl-].[Cl-].[Zr+2].[c-]1ccccc1.[c-]1ccccc1. The topological polar surface area (TPSA) is 0 Å². The first-order valence-electron chi connectivity index (χ1n) is 13.3. The Morgan fingerprint density at radius 3 is 1.24 bits per heavy atom. The molecule has 0 bridgehead atoms. The van der Waals surface area contributed by atoms with Gasteiger partial charge >= 0.3 is 26.2 Å². The van der Waals surface area contributed by atoms with Gasteiger partial charge in [0.2, 0.25) is 0 Å². The van der Waals surface area contributed by atoms with E-state index in [-0.39, 0.29) is 69.3 Å². The number of allylic oxidation sites excluding steroid dienone is 4. The molecule has 0 aliphatic heterocycles. The van der Waals surface area contributed by atoms with Gasteiger partial charge in [-0.25, -0.2) is 12.2 Å². The van der Waals surface area contributed by atoms with Crippen molar-refractivity contribution in [1.82, 2.24) is 0 Å². The summed E-state index contributed by atoms with van der Waals surface area (Å²) < 4.78 is 0. The van der Waals surface area contributed by atoms with Crippen molar-refractivity contribution in [2.45, 2.75) is 58.8 Å². The van der Waals surface area contributed by atoms with E-state index in [2.05, 4.69) is 108 Å². The number of hydrogen-bond donors (Lipinski definition) is 0. The Morgan fingerprint density at radius 2 is 1.02 bits per heavy atom. The molecule has 0 unspecified atom stereocenters. The van der Waals surface area contributed by atoms with Crippen molar-refractivity contribution in [1.29, 1.82) is 0 Å². The third-order valence-electron chi connectivity index (χ3n) is 6.24. The van der Waals surface area contributed by atoms with Crippen LogP contribution in [0.15, 0.2) is 121 Å². The Labute approximate surface area is 287 Å². The predicted molar refractivity (Wildman–Crippen MR) is 173 cm³/mol. The average molecular weight is 674 g/mol. The summed E-state index contributed by atoms with van der Waals surface area (Å²) in [6.45, 7) is 13.6. The molecule has 0 spiro atoms. The molecular weight excluding hydrogens is 631 g/mol. The maximum Gasteiger partial charge on any atom is 2.00 e. The zero-order chi connectivity index (χ0) is 27.4. The Balaban J connectivity index is 0. The minimum Gasteiger partial charge on any atom is -1.00 e. The molecule has 1 aliphatic carbocycles. The van der Waals surface area contributed by atoms with Crippen LogP contribution in [0.25, 0.3) is 21.5 Å². The molecule has 0 aromatic heterocycles. The van der Waals surface area contributed by atoms with Crippen molar-refractivity contribution in [3.63, 3.8) is 0 Å². The minimum absolute atomic E-state index is 0. The Morgan fingerprint density at radius 1 is 0.619 bits per heavy atom. The Kier molecular flexibility index (Phi) is 20.5. The normalized spacial score (nSPS) is 11.0. The molecule has 5 aromatic carbocycles. The van der Waals surface area contributed by atoms with Crippen LogP contribution in [0.1, 0.15) is 59.1 Å². The monoisotopic (exact) mass is 671 g/mol. The van der Waals surface area contributed by atoms with Crippen LogP contribution in [0, 0.1) is 25.6 Å². The largest absolute Gasteiger partial charge is 2.00 e. The summed E-state index contributed by atoms with van der Waals surface area (Å²) in [4.78, 5) is 0. The second-order valence-electron chi connectivity index (χ2n) is 11.4. The summed E-state index contributed by atoms with van der Waals surface area (Å²) in [5.74, 6) is 0. The van der Waals surface area contributed by atoms with E-state index < -0.39 is 0 Å². The molecular formula is C39H43Cl2Zr-5. The molecule has 0 radical (unpaired) electrons. The molecule has 0 nitrogen and oxygen atoms in total. The third-order valence-corrected chi connectivity index (χ3v) is 6.24. The molecule has 0 amide bonds. The van der Waals surface area contributed by atoms with Crippen LogP contribution < -0.4 is 24.8 Å². The van der Waals surface area contributed by atoms with Crippen molar-refractivity contribution in [3.05, 3.63) is 158 Å². The molecule has 0 fully saturated rings.